The number of alkyl halides is 3. The lowest BCUT2D eigenvalue weighted by Crippen LogP contribution is -2.37. The predicted molar refractivity (Wildman–Crippen MR) is 85.0 cm³/mol. The molecule has 1 aromatic carbocycles. The topological polar surface area (TPSA) is 41.6 Å². The van der Waals surface area contributed by atoms with E-state index in [1.807, 2.05) is 16.7 Å². The van der Waals surface area contributed by atoms with Gasteiger partial charge in [0, 0.05) is 42.4 Å². The van der Waals surface area contributed by atoms with Crippen LogP contribution in [0.25, 0.3) is 0 Å². The van der Waals surface area contributed by atoms with Crippen molar-refractivity contribution in [2.75, 3.05) is 49.7 Å². The zero-order valence-electron chi connectivity index (χ0n) is 12.6. The molecule has 1 N–H and O–H groups in total. The molecule has 0 bridgehead atoms. The zero-order chi connectivity index (χ0) is 16.7. The molecule has 4 nitrogen and oxygen atoms in total. The van der Waals surface area contributed by atoms with Crippen molar-refractivity contribution in [3.63, 3.8) is 0 Å². The van der Waals surface area contributed by atoms with Gasteiger partial charge < -0.3 is 15.0 Å². The van der Waals surface area contributed by atoms with Crippen molar-refractivity contribution in [2.45, 2.75) is 6.18 Å². The Bertz CT molecular complexity index is 520. The van der Waals surface area contributed by atoms with Gasteiger partial charge in [-0.25, -0.2) is 0 Å². The summed E-state index contributed by atoms with van der Waals surface area (Å²) in [6, 6.07) is 6.99. The van der Waals surface area contributed by atoms with E-state index in [1.54, 1.807) is 24.3 Å². The van der Waals surface area contributed by atoms with Crippen LogP contribution in [0.1, 0.15) is 10.4 Å². The second-order valence-electron chi connectivity index (χ2n) is 5.08. The molecule has 1 heterocycles. The van der Waals surface area contributed by atoms with Crippen LogP contribution in [0.2, 0.25) is 0 Å². The summed E-state index contributed by atoms with van der Waals surface area (Å²) in [4.78, 5) is 14.2. The molecular weight excluding hydrogens is 329 g/mol. The third kappa shape index (κ3) is 6.31. The third-order valence-corrected chi connectivity index (χ3v) is 4.19. The number of anilines is 1. The number of hydrogen-bond donors (Lipinski definition) is 1. The number of thioether (sulfide) groups is 1. The Kier molecular flexibility index (Phi) is 6.59. The van der Waals surface area contributed by atoms with E-state index in [0.29, 0.717) is 11.3 Å². The first-order valence-electron chi connectivity index (χ1n) is 7.31. The molecule has 1 aromatic rings. The zero-order valence-corrected chi connectivity index (χ0v) is 13.4. The second-order valence-corrected chi connectivity index (χ2v) is 6.30. The van der Waals surface area contributed by atoms with Crippen molar-refractivity contribution < 1.29 is 22.7 Å². The van der Waals surface area contributed by atoms with Gasteiger partial charge in [0.1, 0.15) is 6.61 Å². The highest BCUT2D eigenvalue weighted by atomic mass is 32.2. The molecule has 2 rings (SSSR count). The molecule has 1 saturated heterocycles. The van der Waals surface area contributed by atoms with Crippen LogP contribution in [0.15, 0.2) is 24.3 Å². The number of nitrogens with zero attached hydrogens (tertiary/aromatic N) is 1. The molecule has 0 aromatic heterocycles. The number of rotatable bonds is 6. The average molecular weight is 348 g/mol. The summed E-state index contributed by atoms with van der Waals surface area (Å²) in [6.45, 7) is 0.425. The van der Waals surface area contributed by atoms with Gasteiger partial charge in [-0.2, -0.15) is 24.9 Å². The Balaban J connectivity index is 1.81. The van der Waals surface area contributed by atoms with Gasteiger partial charge in [0.25, 0.3) is 5.91 Å². The Morgan fingerprint density at radius 1 is 1.30 bits per heavy atom. The van der Waals surface area contributed by atoms with E-state index in [-0.39, 0.29) is 19.1 Å². The van der Waals surface area contributed by atoms with Crippen LogP contribution in [-0.4, -0.2) is 61.3 Å². The monoisotopic (exact) mass is 348 g/mol. The van der Waals surface area contributed by atoms with E-state index in [1.165, 1.54) is 0 Å². The van der Waals surface area contributed by atoms with Gasteiger partial charge in [-0.15, -0.1) is 0 Å². The lowest BCUT2D eigenvalue weighted by atomic mass is 10.1. The number of halogens is 3. The van der Waals surface area contributed by atoms with Crippen LogP contribution in [0.3, 0.4) is 0 Å². The number of hydrogen-bond acceptors (Lipinski definition) is 4. The van der Waals surface area contributed by atoms with Gasteiger partial charge in [0.05, 0.1) is 6.61 Å². The van der Waals surface area contributed by atoms with Crippen LogP contribution >= 0.6 is 11.8 Å². The quantitative estimate of drug-likeness (QED) is 0.803. The van der Waals surface area contributed by atoms with E-state index in [0.717, 1.165) is 24.6 Å². The summed E-state index contributed by atoms with van der Waals surface area (Å²) >= 11 is 1.83. The van der Waals surface area contributed by atoms with Crippen molar-refractivity contribution in [1.29, 1.82) is 0 Å². The molecule has 23 heavy (non-hydrogen) atoms. The summed E-state index contributed by atoms with van der Waals surface area (Å²) in [5.74, 6) is 1.88. The lowest BCUT2D eigenvalue weighted by molar-refractivity contribution is -0.172. The molecule has 1 amide bonds. The van der Waals surface area contributed by atoms with Crippen molar-refractivity contribution in [1.82, 2.24) is 4.90 Å². The van der Waals surface area contributed by atoms with Gasteiger partial charge in [-0.3, -0.25) is 4.79 Å². The highest BCUT2D eigenvalue weighted by molar-refractivity contribution is 7.99. The predicted octanol–water partition coefficient (Wildman–Crippen LogP) is 2.87. The van der Waals surface area contributed by atoms with Crippen LogP contribution < -0.4 is 5.32 Å². The Labute approximate surface area is 137 Å². The van der Waals surface area contributed by atoms with Crippen LogP contribution in [0.4, 0.5) is 18.9 Å². The molecule has 128 valence electrons. The summed E-state index contributed by atoms with van der Waals surface area (Å²) in [6.07, 6.45) is -4.31. The van der Waals surface area contributed by atoms with Crippen molar-refractivity contribution in [3.8, 4) is 0 Å². The van der Waals surface area contributed by atoms with Crippen LogP contribution in [-0.2, 0) is 4.74 Å². The van der Waals surface area contributed by atoms with Gasteiger partial charge in [0.15, 0.2) is 0 Å². The molecule has 0 unspecified atom stereocenters. The number of nitrogens with one attached hydrogen (secondary N) is 1. The first-order chi connectivity index (χ1) is 11.0. The molecule has 0 saturated carbocycles. The number of amides is 1. The summed E-state index contributed by atoms with van der Waals surface area (Å²) in [5, 5.41) is 2.96. The first-order valence-corrected chi connectivity index (χ1v) is 8.47. The van der Waals surface area contributed by atoms with E-state index in [4.69, 9.17) is 0 Å². The molecule has 0 radical (unpaired) electrons. The Hall–Kier alpha value is -1.41. The largest absolute Gasteiger partial charge is 0.411 e. The van der Waals surface area contributed by atoms with Crippen molar-refractivity contribution >= 4 is 23.4 Å². The molecule has 1 aliphatic heterocycles. The highest BCUT2D eigenvalue weighted by Gasteiger charge is 2.27. The minimum absolute atomic E-state index is 0.0118. The van der Waals surface area contributed by atoms with E-state index in [9.17, 15) is 18.0 Å². The van der Waals surface area contributed by atoms with Crippen molar-refractivity contribution in [3.05, 3.63) is 29.8 Å². The van der Waals surface area contributed by atoms with Gasteiger partial charge in [-0.05, 0) is 18.2 Å². The summed E-state index contributed by atoms with van der Waals surface area (Å²) in [7, 11) is 0. The maximum atomic E-state index is 12.4. The molecule has 0 spiro atoms. The molecule has 0 aliphatic carbocycles. The second kappa shape index (κ2) is 8.44. The molecule has 1 fully saturated rings. The van der Waals surface area contributed by atoms with E-state index in [2.05, 4.69) is 10.1 Å². The highest BCUT2D eigenvalue weighted by Crippen LogP contribution is 2.17. The van der Waals surface area contributed by atoms with Gasteiger partial charge >= 0.3 is 6.18 Å². The normalized spacial score (nSPS) is 15.5. The minimum atomic E-state index is -4.31. The van der Waals surface area contributed by atoms with Crippen LogP contribution in [0, 0.1) is 0 Å². The fourth-order valence-electron chi connectivity index (χ4n) is 2.17. The first kappa shape index (κ1) is 17.9. The maximum Gasteiger partial charge on any atom is 0.411 e. The number of ether oxygens (including phenoxy) is 1. The molecule has 8 heteroatoms. The third-order valence-electron chi connectivity index (χ3n) is 3.25. The summed E-state index contributed by atoms with van der Waals surface area (Å²) in [5.41, 5.74) is 1.27. The Morgan fingerprint density at radius 3 is 2.74 bits per heavy atom. The fourth-order valence-corrected chi connectivity index (χ4v) is 3.07. The van der Waals surface area contributed by atoms with Crippen molar-refractivity contribution in [2.24, 2.45) is 0 Å². The molecule has 0 atom stereocenters. The number of carbonyl (C=O) groups excluding carboxylic acids is 1. The number of carbonyl (C=O) groups is 1. The minimum Gasteiger partial charge on any atom is -0.383 e. The SMILES string of the molecule is O=C(c1cccc(NCCOCC(F)(F)F)c1)N1CCSCC1. The van der Waals surface area contributed by atoms with E-state index >= 15 is 0 Å². The van der Waals surface area contributed by atoms with Gasteiger partial charge in [-0.1, -0.05) is 6.07 Å². The standard InChI is InChI=1S/C15H19F3N2O2S/c16-15(17,18)11-22-7-4-19-13-3-1-2-12(10-13)14(21)20-5-8-23-9-6-20/h1-3,10,19H,4-9,11H2. The van der Waals surface area contributed by atoms with Crippen LogP contribution in [0.5, 0.6) is 0 Å². The smallest absolute Gasteiger partial charge is 0.383 e. The Morgan fingerprint density at radius 2 is 2.04 bits per heavy atom. The average Bonchev–Trinajstić information content (AvgIpc) is 2.54. The fraction of sp³-hybridized carbons (Fsp3) is 0.533. The lowest BCUT2D eigenvalue weighted by Gasteiger charge is -2.26. The molecule has 1 aliphatic rings. The maximum absolute atomic E-state index is 12.4. The van der Waals surface area contributed by atoms with E-state index < -0.39 is 12.8 Å². The number of benzene rings is 1. The molecular formula is C15H19F3N2O2S. The summed E-state index contributed by atoms with van der Waals surface area (Å²) < 4.78 is 40.3. The van der Waals surface area contributed by atoms with Gasteiger partial charge in [0.2, 0.25) is 0 Å².